The molecule has 0 radical (unpaired) electrons. The Bertz CT molecular complexity index is 785. The molecule has 2 aromatic carbocycles. The molecule has 3 aromatic rings. The second kappa shape index (κ2) is 6.56. The van der Waals surface area contributed by atoms with E-state index in [0.717, 1.165) is 17.4 Å². The zero-order valence-electron chi connectivity index (χ0n) is 11.9. The SMILES string of the molecule is FC(F)(F)c1cccc([Se]Cc2cn(-c3ccccc3)nn2)c1. The van der Waals surface area contributed by atoms with Crippen molar-refractivity contribution in [3.8, 4) is 5.69 Å². The molecule has 0 bridgehead atoms. The van der Waals surface area contributed by atoms with Gasteiger partial charge in [0.15, 0.2) is 0 Å². The van der Waals surface area contributed by atoms with Crippen LogP contribution in [-0.2, 0) is 11.5 Å². The van der Waals surface area contributed by atoms with Crippen molar-refractivity contribution >= 4 is 19.4 Å². The topological polar surface area (TPSA) is 30.7 Å². The van der Waals surface area contributed by atoms with Crippen molar-refractivity contribution in [3.63, 3.8) is 0 Å². The summed E-state index contributed by atoms with van der Waals surface area (Å²) in [5, 5.41) is 8.74. The van der Waals surface area contributed by atoms with E-state index in [1.54, 1.807) is 10.7 Å². The number of aromatic nitrogens is 3. The van der Waals surface area contributed by atoms with E-state index in [4.69, 9.17) is 0 Å². The van der Waals surface area contributed by atoms with Gasteiger partial charge in [-0.1, -0.05) is 0 Å². The maximum atomic E-state index is 12.7. The average molecular weight is 382 g/mol. The molecule has 0 saturated carbocycles. The van der Waals surface area contributed by atoms with Crippen LogP contribution in [0.5, 0.6) is 0 Å². The fourth-order valence-electron chi connectivity index (χ4n) is 1.99. The molecule has 0 aliphatic rings. The second-order valence-electron chi connectivity index (χ2n) is 4.80. The fraction of sp³-hybridized carbons (Fsp3) is 0.125. The molecule has 1 heterocycles. The standard InChI is InChI=1S/C16H12F3N3Se/c17-16(18,19)12-5-4-8-15(9-12)23-11-13-10-22(21-20-13)14-6-2-1-3-7-14/h1-10H,11H2. The third-order valence-electron chi connectivity index (χ3n) is 3.11. The molecule has 0 aliphatic carbocycles. The normalized spacial score (nSPS) is 11.6. The van der Waals surface area contributed by atoms with Crippen molar-refractivity contribution in [1.82, 2.24) is 15.0 Å². The monoisotopic (exact) mass is 383 g/mol. The molecule has 0 atom stereocenters. The third-order valence-corrected chi connectivity index (χ3v) is 5.27. The molecule has 1 aromatic heterocycles. The summed E-state index contributed by atoms with van der Waals surface area (Å²) in [6.45, 7) is 0. The molecule has 0 spiro atoms. The number of rotatable bonds is 4. The van der Waals surface area contributed by atoms with Crippen LogP contribution < -0.4 is 4.46 Å². The Labute approximate surface area is 137 Å². The zero-order chi connectivity index (χ0) is 16.3. The van der Waals surface area contributed by atoms with Crippen molar-refractivity contribution in [1.29, 1.82) is 0 Å². The first-order valence-corrected chi connectivity index (χ1v) is 8.86. The van der Waals surface area contributed by atoms with Gasteiger partial charge in [-0.15, -0.1) is 0 Å². The van der Waals surface area contributed by atoms with Gasteiger partial charge in [0.2, 0.25) is 0 Å². The molecule has 0 fully saturated rings. The van der Waals surface area contributed by atoms with Crippen molar-refractivity contribution in [2.24, 2.45) is 0 Å². The van der Waals surface area contributed by atoms with E-state index in [2.05, 4.69) is 10.3 Å². The van der Waals surface area contributed by atoms with Gasteiger partial charge in [-0.25, -0.2) is 0 Å². The maximum absolute atomic E-state index is 12.7. The summed E-state index contributed by atoms with van der Waals surface area (Å²) in [6, 6.07) is 15.0. The van der Waals surface area contributed by atoms with Gasteiger partial charge in [-0.05, 0) is 0 Å². The van der Waals surface area contributed by atoms with Crippen LogP contribution in [0.1, 0.15) is 11.3 Å². The van der Waals surface area contributed by atoms with Crippen LogP contribution in [0.15, 0.2) is 60.8 Å². The number of halogens is 3. The summed E-state index contributed by atoms with van der Waals surface area (Å²) in [6.07, 6.45) is -2.49. The van der Waals surface area contributed by atoms with Crippen molar-refractivity contribution < 1.29 is 13.2 Å². The van der Waals surface area contributed by atoms with Crippen LogP contribution in [-0.4, -0.2) is 30.0 Å². The van der Waals surface area contributed by atoms with E-state index in [0.29, 0.717) is 9.78 Å². The summed E-state index contributed by atoms with van der Waals surface area (Å²) in [5.41, 5.74) is 1.06. The van der Waals surface area contributed by atoms with Crippen LogP contribution in [0.2, 0.25) is 0 Å². The number of benzene rings is 2. The Morgan fingerprint density at radius 3 is 2.52 bits per heavy atom. The van der Waals surface area contributed by atoms with Crippen molar-refractivity contribution in [2.75, 3.05) is 0 Å². The van der Waals surface area contributed by atoms with E-state index in [-0.39, 0.29) is 15.0 Å². The predicted molar refractivity (Wildman–Crippen MR) is 81.9 cm³/mol. The Hall–Kier alpha value is -2.11. The van der Waals surface area contributed by atoms with Crippen LogP contribution in [0.25, 0.3) is 5.69 Å². The third kappa shape index (κ3) is 4.00. The number of hydrogen-bond donors (Lipinski definition) is 0. The average Bonchev–Trinajstić information content (AvgIpc) is 3.02. The van der Waals surface area contributed by atoms with E-state index in [1.807, 2.05) is 36.5 Å². The first kappa shape index (κ1) is 15.8. The fourth-order valence-corrected chi connectivity index (χ4v) is 3.74. The van der Waals surface area contributed by atoms with Crippen molar-refractivity contribution in [3.05, 3.63) is 72.1 Å². The van der Waals surface area contributed by atoms with Crippen LogP contribution in [0, 0.1) is 0 Å². The zero-order valence-corrected chi connectivity index (χ0v) is 13.6. The quantitative estimate of drug-likeness (QED) is 0.650. The van der Waals surface area contributed by atoms with Gasteiger partial charge in [0.1, 0.15) is 0 Å². The number of alkyl halides is 3. The molecule has 0 amide bonds. The molecular formula is C16H12F3N3Se. The molecule has 7 heteroatoms. The Morgan fingerprint density at radius 2 is 1.78 bits per heavy atom. The van der Waals surface area contributed by atoms with Gasteiger partial charge in [0.05, 0.1) is 0 Å². The van der Waals surface area contributed by atoms with E-state index < -0.39 is 11.7 Å². The molecule has 23 heavy (non-hydrogen) atoms. The Kier molecular flexibility index (Phi) is 4.50. The van der Waals surface area contributed by atoms with Crippen LogP contribution in [0.4, 0.5) is 13.2 Å². The van der Waals surface area contributed by atoms with Gasteiger partial charge in [0.25, 0.3) is 0 Å². The number of para-hydroxylation sites is 1. The molecule has 0 saturated heterocycles. The number of nitrogens with zero attached hydrogens (tertiary/aromatic N) is 3. The van der Waals surface area contributed by atoms with Gasteiger partial charge >= 0.3 is 137 Å². The summed E-state index contributed by atoms with van der Waals surface area (Å²) < 4.78 is 40.5. The van der Waals surface area contributed by atoms with Gasteiger partial charge < -0.3 is 0 Å². The molecular weight excluding hydrogens is 370 g/mol. The van der Waals surface area contributed by atoms with Crippen molar-refractivity contribution in [2.45, 2.75) is 11.5 Å². The Balaban J connectivity index is 1.69. The second-order valence-corrected chi connectivity index (χ2v) is 7.00. The van der Waals surface area contributed by atoms with Gasteiger partial charge in [-0.3, -0.25) is 0 Å². The Morgan fingerprint density at radius 1 is 1.00 bits per heavy atom. The summed E-state index contributed by atoms with van der Waals surface area (Å²) in [4.78, 5) is 0. The first-order chi connectivity index (χ1) is 11.0. The molecule has 3 rings (SSSR count). The minimum absolute atomic E-state index is 0.126. The molecule has 0 unspecified atom stereocenters. The van der Waals surface area contributed by atoms with E-state index in [9.17, 15) is 13.2 Å². The van der Waals surface area contributed by atoms with Crippen LogP contribution >= 0.6 is 0 Å². The summed E-state index contributed by atoms with van der Waals surface area (Å²) >= 11 is -0.126. The molecule has 118 valence electrons. The number of hydrogen-bond acceptors (Lipinski definition) is 2. The molecule has 3 nitrogen and oxygen atoms in total. The van der Waals surface area contributed by atoms with Gasteiger partial charge in [0, 0.05) is 0 Å². The molecule has 0 aliphatic heterocycles. The summed E-state index contributed by atoms with van der Waals surface area (Å²) in [5.74, 6) is 0. The molecule has 0 N–H and O–H groups in total. The predicted octanol–water partition coefficient (Wildman–Crippen LogP) is 2.82. The first-order valence-electron chi connectivity index (χ1n) is 6.79. The summed E-state index contributed by atoms with van der Waals surface area (Å²) in [7, 11) is 0. The van der Waals surface area contributed by atoms with E-state index >= 15 is 0 Å². The minimum atomic E-state index is -4.30. The van der Waals surface area contributed by atoms with E-state index in [1.165, 1.54) is 12.1 Å². The van der Waals surface area contributed by atoms with Gasteiger partial charge in [-0.2, -0.15) is 0 Å². The van der Waals surface area contributed by atoms with Crippen LogP contribution in [0.3, 0.4) is 0 Å².